The summed E-state index contributed by atoms with van der Waals surface area (Å²) in [5.41, 5.74) is 5.27. The number of nitrogens with one attached hydrogen (secondary N) is 2. The van der Waals surface area contributed by atoms with Crippen molar-refractivity contribution in [2.75, 3.05) is 0 Å². The van der Waals surface area contributed by atoms with Gasteiger partial charge in [0.15, 0.2) is 0 Å². The van der Waals surface area contributed by atoms with E-state index < -0.39 is 29.8 Å². The lowest BCUT2D eigenvalue weighted by Crippen LogP contribution is -2.50. The molecule has 0 radical (unpaired) electrons. The summed E-state index contributed by atoms with van der Waals surface area (Å²) in [6.45, 7) is 4.20. The Morgan fingerprint density at radius 3 is 2.00 bits per heavy atom. The van der Waals surface area contributed by atoms with E-state index in [1.54, 1.807) is 0 Å². The Labute approximate surface area is 82.2 Å². The van der Waals surface area contributed by atoms with Gasteiger partial charge in [-0.1, -0.05) is 0 Å². The predicted octanol–water partition coefficient (Wildman–Crippen LogP) is -1.50. The summed E-state index contributed by atoms with van der Waals surface area (Å²) in [5, 5.41) is 4.41. The highest BCUT2D eigenvalue weighted by molar-refractivity contribution is 5.98. The van der Waals surface area contributed by atoms with Gasteiger partial charge in [-0.25, -0.2) is 0 Å². The Balaban J connectivity index is 4.08. The lowest BCUT2D eigenvalue weighted by molar-refractivity contribution is -0.133. The van der Waals surface area contributed by atoms with Crippen LogP contribution >= 0.6 is 0 Å². The third-order valence-corrected chi connectivity index (χ3v) is 1.46. The second-order valence-corrected chi connectivity index (χ2v) is 3.06. The van der Waals surface area contributed by atoms with E-state index in [1.807, 2.05) is 0 Å². The van der Waals surface area contributed by atoms with Crippen LogP contribution in [0, 0.1) is 0 Å². The van der Waals surface area contributed by atoms with E-state index in [2.05, 4.69) is 10.6 Å². The molecular formula is C8H15N3O3. The maximum Gasteiger partial charge on any atom is 0.248 e. The second-order valence-electron chi connectivity index (χ2n) is 3.06. The summed E-state index contributed by atoms with van der Waals surface area (Å²) in [7, 11) is 0. The summed E-state index contributed by atoms with van der Waals surface area (Å²) in [6, 6.07) is -1.44. The summed E-state index contributed by atoms with van der Waals surface area (Å²) in [4.78, 5) is 32.7. The number of rotatable bonds is 3. The molecule has 0 unspecified atom stereocenters. The molecule has 0 aromatic carbocycles. The van der Waals surface area contributed by atoms with Gasteiger partial charge in [-0.3, -0.25) is 19.7 Å². The summed E-state index contributed by atoms with van der Waals surface area (Å²) in [6.07, 6.45) is 0. The topological polar surface area (TPSA) is 101 Å². The zero-order chi connectivity index (χ0) is 11.3. The Morgan fingerprint density at radius 2 is 1.64 bits per heavy atom. The standard InChI is InChI=1S/C8H15N3O3/c1-4(9)7(13)10-5(2)8(14)11-6(3)12/h4-5H,9H2,1-3H3,(H,10,13)(H,11,12,14)/t4-,5-/m0/s1. The molecule has 0 aromatic rings. The minimum Gasteiger partial charge on any atom is -0.343 e. The zero-order valence-corrected chi connectivity index (χ0v) is 8.46. The van der Waals surface area contributed by atoms with Crippen LogP contribution in [0.4, 0.5) is 0 Å². The van der Waals surface area contributed by atoms with Crippen LogP contribution in [0.3, 0.4) is 0 Å². The van der Waals surface area contributed by atoms with Gasteiger partial charge < -0.3 is 11.1 Å². The third-order valence-electron chi connectivity index (χ3n) is 1.46. The molecule has 0 spiro atoms. The van der Waals surface area contributed by atoms with E-state index >= 15 is 0 Å². The molecule has 0 rings (SSSR count). The monoisotopic (exact) mass is 201 g/mol. The summed E-state index contributed by atoms with van der Waals surface area (Å²) in [5.74, 6) is -1.44. The molecule has 4 N–H and O–H groups in total. The maximum atomic E-state index is 11.1. The highest BCUT2D eigenvalue weighted by Crippen LogP contribution is 1.84. The average molecular weight is 201 g/mol. The first kappa shape index (κ1) is 12.6. The van der Waals surface area contributed by atoms with Crippen molar-refractivity contribution >= 4 is 17.7 Å². The van der Waals surface area contributed by atoms with Crippen molar-refractivity contribution in [1.82, 2.24) is 10.6 Å². The predicted molar refractivity (Wildman–Crippen MR) is 50.1 cm³/mol. The van der Waals surface area contributed by atoms with Crippen LogP contribution in [0.2, 0.25) is 0 Å². The van der Waals surface area contributed by atoms with Gasteiger partial charge in [0.2, 0.25) is 17.7 Å². The maximum absolute atomic E-state index is 11.1. The average Bonchev–Trinajstić information content (AvgIpc) is 2.02. The van der Waals surface area contributed by atoms with Crippen molar-refractivity contribution < 1.29 is 14.4 Å². The van der Waals surface area contributed by atoms with Crippen molar-refractivity contribution in [3.8, 4) is 0 Å². The first-order valence-corrected chi connectivity index (χ1v) is 4.22. The second kappa shape index (κ2) is 5.33. The molecule has 2 atom stereocenters. The van der Waals surface area contributed by atoms with Crippen LogP contribution < -0.4 is 16.4 Å². The molecule has 6 heteroatoms. The number of carbonyl (C=O) groups excluding carboxylic acids is 3. The van der Waals surface area contributed by atoms with Crippen LogP contribution in [-0.2, 0) is 14.4 Å². The van der Waals surface area contributed by atoms with Crippen molar-refractivity contribution in [1.29, 1.82) is 0 Å². The number of nitrogens with two attached hydrogens (primary N) is 1. The minimum atomic E-state index is -0.766. The van der Waals surface area contributed by atoms with Gasteiger partial charge in [-0.15, -0.1) is 0 Å². The van der Waals surface area contributed by atoms with Gasteiger partial charge >= 0.3 is 0 Å². The van der Waals surface area contributed by atoms with Crippen molar-refractivity contribution in [3.63, 3.8) is 0 Å². The summed E-state index contributed by atoms with van der Waals surface area (Å²) < 4.78 is 0. The van der Waals surface area contributed by atoms with Crippen LogP contribution in [0.5, 0.6) is 0 Å². The molecule has 14 heavy (non-hydrogen) atoms. The summed E-state index contributed by atoms with van der Waals surface area (Å²) >= 11 is 0. The third kappa shape index (κ3) is 4.56. The lowest BCUT2D eigenvalue weighted by Gasteiger charge is -2.14. The molecule has 0 aliphatic carbocycles. The van der Waals surface area contributed by atoms with Crippen molar-refractivity contribution in [3.05, 3.63) is 0 Å². The fourth-order valence-electron chi connectivity index (χ4n) is 0.692. The highest BCUT2D eigenvalue weighted by Gasteiger charge is 2.17. The molecule has 80 valence electrons. The molecule has 0 fully saturated rings. The van der Waals surface area contributed by atoms with Crippen LogP contribution in [0.1, 0.15) is 20.8 Å². The molecule has 6 nitrogen and oxygen atoms in total. The van der Waals surface area contributed by atoms with E-state index in [1.165, 1.54) is 20.8 Å². The van der Waals surface area contributed by atoms with Gasteiger partial charge in [-0.2, -0.15) is 0 Å². The van der Waals surface area contributed by atoms with Crippen LogP contribution in [0.25, 0.3) is 0 Å². The molecule has 0 saturated carbocycles. The zero-order valence-electron chi connectivity index (χ0n) is 8.46. The number of carbonyl (C=O) groups is 3. The fourth-order valence-corrected chi connectivity index (χ4v) is 0.692. The SMILES string of the molecule is CC(=O)NC(=O)[C@H](C)NC(=O)[C@H](C)N. The van der Waals surface area contributed by atoms with E-state index in [0.29, 0.717) is 0 Å². The minimum absolute atomic E-state index is 0.434. The molecule has 0 heterocycles. The van der Waals surface area contributed by atoms with Crippen LogP contribution in [0.15, 0.2) is 0 Å². The number of hydrogen-bond donors (Lipinski definition) is 3. The van der Waals surface area contributed by atoms with E-state index in [9.17, 15) is 14.4 Å². The molecule has 0 aliphatic heterocycles. The highest BCUT2D eigenvalue weighted by atomic mass is 16.2. The molecule has 3 amide bonds. The first-order valence-electron chi connectivity index (χ1n) is 4.22. The van der Waals surface area contributed by atoms with Crippen molar-refractivity contribution in [2.45, 2.75) is 32.9 Å². The largest absolute Gasteiger partial charge is 0.343 e. The Hall–Kier alpha value is -1.43. The van der Waals surface area contributed by atoms with Gasteiger partial charge in [0.1, 0.15) is 6.04 Å². The van der Waals surface area contributed by atoms with Crippen molar-refractivity contribution in [2.24, 2.45) is 5.73 Å². The van der Waals surface area contributed by atoms with E-state index in [-0.39, 0.29) is 0 Å². The van der Waals surface area contributed by atoms with Gasteiger partial charge in [0.25, 0.3) is 0 Å². The van der Waals surface area contributed by atoms with E-state index in [4.69, 9.17) is 5.73 Å². The van der Waals surface area contributed by atoms with E-state index in [0.717, 1.165) is 0 Å². The molecule has 0 bridgehead atoms. The van der Waals surface area contributed by atoms with Gasteiger partial charge in [0, 0.05) is 6.92 Å². The number of hydrogen-bond acceptors (Lipinski definition) is 4. The first-order chi connectivity index (χ1) is 6.34. The molecular weight excluding hydrogens is 186 g/mol. The fraction of sp³-hybridized carbons (Fsp3) is 0.625. The van der Waals surface area contributed by atoms with Gasteiger partial charge in [0.05, 0.1) is 6.04 Å². The normalized spacial score (nSPS) is 14.0. The Morgan fingerprint density at radius 1 is 1.14 bits per heavy atom. The van der Waals surface area contributed by atoms with Crippen LogP contribution in [-0.4, -0.2) is 29.8 Å². The number of amides is 3. The Kier molecular flexibility index (Phi) is 4.79. The quantitative estimate of drug-likeness (QED) is 0.517. The molecule has 0 aliphatic rings. The smallest absolute Gasteiger partial charge is 0.248 e. The lowest BCUT2D eigenvalue weighted by atomic mass is 10.2. The molecule has 0 aromatic heterocycles. The Bertz CT molecular complexity index is 250. The van der Waals surface area contributed by atoms with Gasteiger partial charge in [-0.05, 0) is 13.8 Å². The molecule has 0 saturated heterocycles. The number of imide groups is 1.